The fraction of sp³-hybridized carbons (Fsp3) is 0.235. The zero-order valence-corrected chi connectivity index (χ0v) is 12.0. The van der Waals surface area contributed by atoms with Gasteiger partial charge in [-0.05, 0) is 31.5 Å². The quantitative estimate of drug-likeness (QED) is 0.859. The molecule has 110 valence electrons. The lowest BCUT2D eigenvalue weighted by atomic mass is 9.97. The van der Waals surface area contributed by atoms with E-state index in [1.807, 2.05) is 18.2 Å². The highest BCUT2D eigenvalue weighted by atomic mass is 19.1. The van der Waals surface area contributed by atoms with Gasteiger partial charge in [0, 0.05) is 6.07 Å². The zero-order chi connectivity index (χ0) is 15.5. The molecule has 4 heteroatoms. The Morgan fingerprint density at radius 2 is 1.90 bits per heavy atom. The van der Waals surface area contributed by atoms with E-state index < -0.39 is 11.4 Å². The van der Waals surface area contributed by atoms with Gasteiger partial charge in [-0.15, -0.1) is 0 Å². The van der Waals surface area contributed by atoms with Crippen LogP contribution in [0, 0.1) is 5.82 Å². The molecule has 0 aliphatic carbocycles. The first-order chi connectivity index (χ1) is 9.90. The molecule has 1 unspecified atom stereocenters. The van der Waals surface area contributed by atoms with Crippen LogP contribution >= 0.6 is 0 Å². The Bertz CT molecular complexity index is 636. The van der Waals surface area contributed by atoms with Gasteiger partial charge < -0.3 is 9.84 Å². The molecule has 2 aromatic rings. The molecular weight excluding hydrogens is 271 g/mol. The summed E-state index contributed by atoms with van der Waals surface area (Å²) in [5, 5.41) is 10.4. The Hall–Kier alpha value is -2.20. The van der Waals surface area contributed by atoms with Crippen LogP contribution in [0.25, 0.3) is 0 Å². The number of ketones is 1. The van der Waals surface area contributed by atoms with Crippen LogP contribution in [0.15, 0.2) is 48.5 Å². The first kappa shape index (κ1) is 15.2. The van der Waals surface area contributed by atoms with Gasteiger partial charge in [0.05, 0.1) is 5.56 Å². The molecule has 1 N–H and O–H groups in total. The van der Waals surface area contributed by atoms with E-state index in [0.29, 0.717) is 11.1 Å². The zero-order valence-electron chi connectivity index (χ0n) is 12.0. The normalized spacial score (nSPS) is 13.5. The van der Waals surface area contributed by atoms with E-state index in [1.165, 1.54) is 19.1 Å². The fourth-order valence-electron chi connectivity index (χ4n) is 2.01. The Labute approximate surface area is 123 Å². The number of ether oxygens (including phenoxy) is 1. The van der Waals surface area contributed by atoms with E-state index >= 15 is 0 Å². The number of rotatable bonds is 5. The molecule has 0 heterocycles. The fourth-order valence-corrected chi connectivity index (χ4v) is 2.01. The lowest BCUT2D eigenvalue weighted by Gasteiger charge is -2.24. The molecule has 0 fully saturated rings. The minimum atomic E-state index is -1.23. The van der Waals surface area contributed by atoms with Gasteiger partial charge in [-0.25, -0.2) is 4.39 Å². The Kier molecular flexibility index (Phi) is 4.38. The van der Waals surface area contributed by atoms with Crippen LogP contribution in [0.5, 0.6) is 5.75 Å². The van der Waals surface area contributed by atoms with Crippen LogP contribution in [0.3, 0.4) is 0 Å². The standard InChI is InChI=1S/C17H17FO3/c1-12(19)15-9-8-14(18)10-16(15)21-11-17(2,20)13-6-4-3-5-7-13/h3-10,20H,11H2,1-2H3. The maximum Gasteiger partial charge on any atom is 0.163 e. The van der Waals surface area contributed by atoms with E-state index in [4.69, 9.17) is 4.74 Å². The van der Waals surface area contributed by atoms with Crippen LogP contribution in [-0.2, 0) is 5.60 Å². The van der Waals surface area contributed by atoms with Crippen molar-refractivity contribution in [1.82, 2.24) is 0 Å². The number of halogens is 1. The molecule has 2 rings (SSSR count). The number of carbonyl (C=O) groups is 1. The van der Waals surface area contributed by atoms with Crippen molar-refractivity contribution in [2.24, 2.45) is 0 Å². The smallest absolute Gasteiger partial charge is 0.163 e. The van der Waals surface area contributed by atoms with E-state index in [9.17, 15) is 14.3 Å². The molecule has 3 nitrogen and oxygen atoms in total. The van der Waals surface area contributed by atoms with Crippen molar-refractivity contribution in [3.63, 3.8) is 0 Å². The maximum absolute atomic E-state index is 13.3. The highest BCUT2D eigenvalue weighted by Gasteiger charge is 2.24. The summed E-state index contributed by atoms with van der Waals surface area (Å²) in [6.07, 6.45) is 0. The van der Waals surface area contributed by atoms with Gasteiger partial charge in [0.15, 0.2) is 5.78 Å². The average molecular weight is 288 g/mol. The van der Waals surface area contributed by atoms with Crippen LogP contribution in [0.1, 0.15) is 29.8 Å². The number of benzene rings is 2. The molecule has 0 amide bonds. The molecule has 0 bridgehead atoms. The minimum Gasteiger partial charge on any atom is -0.489 e. The maximum atomic E-state index is 13.3. The van der Waals surface area contributed by atoms with Gasteiger partial charge in [-0.1, -0.05) is 30.3 Å². The summed E-state index contributed by atoms with van der Waals surface area (Å²) in [5.74, 6) is -0.572. The summed E-state index contributed by atoms with van der Waals surface area (Å²) in [7, 11) is 0. The SMILES string of the molecule is CC(=O)c1ccc(F)cc1OCC(C)(O)c1ccccc1. The third-order valence-electron chi connectivity index (χ3n) is 3.23. The average Bonchev–Trinajstić information content (AvgIpc) is 2.46. The molecule has 0 saturated carbocycles. The molecular formula is C17H17FO3. The molecule has 0 aliphatic heterocycles. The summed E-state index contributed by atoms with van der Waals surface area (Å²) in [6, 6.07) is 12.8. The summed E-state index contributed by atoms with van der Waals surface area (Å²) >= 11 is 0. The van der Waals surface area contributed by atoms with Gasteiger partial charge >= 0.3 is 0 Å². The first-order valence-electron chi connectivity index (χ1n) is 6.61. The van der Waals surface area contributed by atoms with Crippen LogP contribution in [-0.4, -0.2) is 17.5 Å². The molecule has 0 aromatic heterocycles. The molecule has 0 saturated heterocycles. The van der Waals surface area contributed by atoms with Crippen LogP contribution < -0.4 is 4.74 Å². The van der Waals surface area contributed by atoms with Crippen molar-refractivity contribution in [2.45, 2.75) is 19.4 Å². The van der Waals surface area contributed by atoms with Crippen molar-refractivity contribution < 1.29 is 19.0 Å². The number of hydrogen-bond acceptors (Lipinski definition) is 3. The molecule has 2 aromatic carbocycles. The topological polar surface area (TPSA) is 46.5 Å². The number of carbonyl (C=O) groups excluding carboxylic acids is 1. The highest BCUT2D eigenvalue weighted by Crippen LogP contribution is 2.25. The number of aliphatic hydroxyl groups is 1. The lowest BCUT2D eigenvalue weighted by Crippen LogP contribution is -2.29. The van der Waals surface area contributed by atoms with Gasteiger partial charge in [0.2, 0.25) is 0 Å². The predicted octanol–water partition coefficient (Wildman–Crippen LogP) is 3.31. The number of Topliss-reactive ketones (excluding diaryl/α,β-unsaturated/α-hetero) is 1. The molecule has 0 aliphatic rings. The van der Waals surface area contributed by atoms with E-state index in [-0.39, 0.29) is 18.1 Å². The van der Waals surface area contributed by atoms with Gasteiger partial charge in [0.25, 0.3) is 0 Å². The summed E-state index contributed by atoms with van der Waals surface area (Å²) < 4.78 is 18.8. The molecule has 0 spiro atoms. The molecule has 1 atom stereocenters. The summed E-state index contributed by atoms with van der Waals surface area (Å²) in [5.41, 5.74) is -0.257. The van der Waals surface area contributed by atoms with Crippen molar-refractivity contribution in [3.05, 3.63) is 65.5 Å². The van der Waals surface area contributed by atoms with Crippen LogP contribution in [0.4, 0.5) is 4.39 Å². The van der Waals surface area contributed by atoms with E-state index in [2.05, 4.69) is 0 Å². The van der Waals surface area contributed by atoms with Crippen molar-refractivity contribution in [3.8, 4) is 5.75 Å². The second-order valence-corrected chi connectivity index (χ2v) is 5.13. The second-order valence-electron chi connectivity index (χ2n) is 5.13. The van der Waals surface area contributed by atoms with Crippen molar-refractivity contribution in [2.75, 3.05) is 6.61 Å². The predicted molar refractivity (Wildman–Crippen MR) is 77.9 cm³/mol. The molecule has 21 heavy (non-hydrogen) atoms. The monoisotopic (exact) mass is 288 g/mol. The largest absolute Gasteiger partial charge is 0.489 e. The van der Waals surface area contributed by atoms with Gasteiger partial charge in [-0.3, -0.25) is 4.79 Å². The highest BCUT2D eigenvalue weighted by molar-refractivity contribution is 5.96. The summed E-state index contributed by atoms with van der Waals surface area (Å²) in [6.45, 7) is 2.91. The summed E-state index contributed by atoms with van der Waals surface area (Å²) in [4.78, 5) is 11.5. The van der Waals surface area contributed by atoms with Crippen molar-refractivity contribution >= 4 is 5.78 Å². The third kappa shape index (κ3) is 3.67. The Balaban J connectivity index is 2.20. The third-order valence-corrected chi connectivity index (χ3v) is 3.23. The Morgan fingerprint density at radius 1 is 1.24 bits per heavy atom. The van der Waals surface area contributed by atoms with Gasteiger partial charge in [-0.2, -0.15) is 0 Å². The van der Waals surface area contributed by atoms with Gasteiger partial charge in [0.1, 0.15) is 23.8 Å². The lowest BCUT2D eigenvalue weighted by molar-refractivity contribution is 0.00722. The van der Waals surface area contributed by atoms with E-state index in [1.54, 1.807) is 19.1 Å². The number of hydrogen-bond donors (Lipinski definition) is 1. The first-order valence-corrected chi connectivity index (χ1v) is 6.61. The second kappa shape index (κ2) is 6.06. The minimum absolute atomic E-state index is 0.0826. The Morgan fingerprint density at radius 3 is 2.52 bits per heavy atom. The van der Waals surface area contributed by atoms with Crippen LogP contribution in [0.2, 0.25) is 0 Å². The molecule has 0 radical (unpaired) electrons. The van der Waals surface area contributed by atoms with E-state index in [0.717, 1.165) is 6.07 Å². The van der Waals surface area contributed by atoms with Crippen molar-refractivity contribution in [1.29, 1.82) is 0 Å².